The molecule has 0 N–H and O–H groups in total. The molecule has 15 heavy (non-hydrogen) atoms. The molecular formula is C11H16N2O2. The maximum atomic E-state index is 11.4. The van der Waals surface area contributed by atoms with E-state index in [1.807, 2.05) is 31.4 Å². The van der Waals surface area contributed by atoms with Crippen LogP contribution in [0.3, 0.4) is 0 Å². The van der Waals surface area contributed by atoms with Crippen molar-refractivity contribution in [3.05, 3.63) is 29.4 Å². The zero-order valence-corrected chi connectivity index (χ0v) is 9.57. The van der Waals surface area contributed by atoms with Gasteiger partial charge in [-0.05, 0) is 20.8 Å². The molecule has 0 saturated carbocycles. The highest BCUT2D eigenvalue weighted by atomic mass is 16.5. The van der Waals surface area contributed by atoms with Crippen LogP contribution in [0.25, 0.3) is 0 Å². The van der Waals surface area contributed by atoms with Crippen molar-refractivity contribution >= 4 is 5.97 Å². The Kier molecular flexibility index (Phi) is 3.66. The summed E-state index contributed by atoms with van der Waals surface area (Å²) in [5, 5.41) is 0. The second-order valence-electron chi connectivity index (χ2n) is 3.57. The van der Waals surface area contributed by atoms with Gasteiger partial charge in [0.15, 0.2) is 0 Å². The summed E-state index contributed by atoms with van der Waals surface area (Å²) in [6, 6.07) is 0. The summed E-state index contributed by atoms with van der Waals surface area (Å²) < 4.78 is 6.51. The van der Waals surface area contributed by atoms with Crippen LogP contribution in [0.5, 0.6) is 0 Å². The van der Waals surface area contributed by atoms with Crippen molar-refractivity contribution in [3.63, 3.8) is 0 Å². The highest BCUT2D eigenvalue weighted by Gasteiger charge is 2.13. The Bertz CT molecular complexity index is 387. The molecule has 0 unspecified atom stereocenters. The lowest BCUT2D eigenvalue weighted by molar-refractivity contribution is 0.0588. The van der Waals surface area contributed by atoms with Crippen LogP contribution in [0.2, 0.25) is 0 Å². The molecular weight excluding hydrogens is 192 g/mol. The molecule has 0 aliphatic heterocycles. The smallest absolute Gasteiger partial charge is 0.356 e. The van der Waals surface area contributed by atoms with E-state index in [0.717, 1.165) is 5.82 Å². The largest absolute Gasteiger partial charge is 0.464 e. The number of nitrogens with zero attached hydrogens (tertiary/aromatic N) is 2. The number of allylic oxidation sites excluding steroid dienone is 2. The maximum Gasteiger partial charge on any atom is 0.356 e. The number of ether oxygens (including phenoxy) is 1. The molecule has 4 nitrogen and oxygen atoms in total. The molecule has 1 heterocycles. The summed E-state index contributed by atoms with van der Waals surface area (Å²) in [6.07, 6.45) is 3.58. The number of methoxy groups -OCH3 is 1. The fourth-order valence-electron chi connectivity index (χ4n) is 1.24. The predicted molar refractivity (Wildman–Crippen MR) is 57.7 cm³/mol. The van der Waals surface area contributed by atoms with Crippen LogP contribution in [0.4, 0.5) is 0 Å². The minimum atomic E-state index is -0.349. The van der Waals surface area contributed by atoms with Crippen molar-refractivity contribution in [1.29, 1.82) is 0 Å². The van der Waals surface area contributed by atoms with E-state index in [2.05, 4.69) is 9.72 Å². The first-order chi connectivity index (χ1) is 7.06. The highest BCUT2D eigenvalue weighted by molar-refractivity contribution is 5.87. The lowest BCUT2D eigenvalue weighted by Gasteiger charge is -2.06. The fraction of sp³-hybridized carbons (Fsp3) is 0.455. The molecule has 1 rings (SSSR count). The van der Waals surface area contributed by atoms with Gasteiger partial charge in [0, 0.05) is 6.54 Å². The first-order valence-electron chi connectivity index (χ1n) is 4.80. The van der Waals surface area contributed by atoms with E-state index in [1.165, 1.54) is 12.7 Å². The molecule has 0 bridgehead atoms. The van der Waals surface area contributed by atoms with E-state index in [9.17, 15) is 4.79 Å². The third-order valence-corrected chi connectivity index (χ3v) is 2.13. The van der Waals surface area contributed by atoms with Gasteiger partial charge < -0.3 is 9.30 Å². The van der Waals surface area contributed by atoms with Gasteiger partial charge in [-0.15, -0.1) is 0 Å². The zero-order valence-electron chi connectivity index (χ0n) is 9.57. The normalized spacial score (nSPS) is 9.87. The van der Waals surface area contributed by atoms with Gasteiger partial charge in [-0.2, -0.15) is 0 Å². The molecule has 1 aromatic rings. The number of imidazole rings is 1. The Hall–Kier alpha value is -1.58. The molecule has 0 aliphatic rings. The van der Waals surface area contributed by atoms with Gasteiger partial charge in [0.2, 0.25) is 0 Å². The Balaban J connectivity index is 2.99. The van der Waals surface area contributed by atoms with Gasteiger partial charge in [-0.25, -0.2) is 9.78 Å². The molecule has 4 heteroatoms. The van der Waals surface area contributed by atoms with Gasteiger partial charge in [-0.1, -0.05) is 11.6 Å². The third kappa shape index (κ3) is 2.68. The molecule has 0 aromatic carbocycles. The van der Waals surface area contributed by atoms with Crippen LogP contribution in [0, 0.1) is 6.92 Å². The number of hydrogen-bond donors (Lipinski definition) is 0. The lowest BCUT2D eigenvalue weighted by Crippen LogP contribution is -2.11. The van der Waals surface area contributed by atoms with E-state index < -0.39 is 0 Å². The third-order valence-electron chi connectivity index (χ3n) is 2.13. The van der Waals surface area contributed by atoms with E-state index in [4.69, 9.17) is 0 Å². The zero-order chi connectivity index (χ0) is 11.4. The molecule has 0 radical (unpaired) electrons. The average Bonchev–Trinajstić information content (AvgIpc) is 2.55. The summed E-state index contributed by atoms with van der Waals surface area (Å²) >= 11 is 0. The summed E-state index contributed by atoms with van der Waals surface area (Å²) in [7, 11) is 1.37. The van der Waals surface area contributed by atoms with Crippen molar-refractivity contribution in [2.24, 2.45) is 0 Å². The van der Waals surface area contributed by atoms with Crippen LogP contribution in [-0.4, -0.2) is 22.6 Å². The molecule has 1 aromatic heterocycles. The van der Waals surface area contributed by atoms with Crippen molar-refractivity contribution < 1.29 is 9.53 Å². The molecule has 82 valence electrons. The average molecular weight is 208 g/mol. The Labute approximate surface area is 89.6 Å². The molecule has 0 spiro atoms. The van der Waals surface area contributed by atoms with Crippen LogP contribution in [0.1, 0.15) is 30.2 Å². The van der Waals surface area contributed by atoms with E-state index in [1.54, 1.807) is 6.20 Å². The van der Waals surface area contributed by atoms with Crippen LogP contribution in [-0.2, 0) is 11.3 Å². The SMILES string of the molecule is COC(=O)c1cnc(C)n1CC=C(C)C. The van der Waals surface area contributed by atoms with Crippen molar-refractivity contribution in [2.75, 3.05) is 7.11 Å². The molecule has 0 fully saturated rings. The van der Waals surface area contributed by atoms with Crippen molar-refractivity contribution in [3.8, 4) is 0 Å². The summed E-state index contributed by atoms with van der Waals surface area (Å²) in [5.41, 5.74) is 1.70. The fourth-order valence-corrected chi connectivity index (χ4v) is 1.24. The second kappa shape index (κ2) is 4.77. The monoisotopic (exact) mass is 208 g/mol. The number of aromatic nitrogens is 2. The number of carbonyl (C=O) groups excluding carboxylic acids is 1. The molecule has 0 saturated heterocycles. The quantitative estimate of drug-likeness (QED) is 0.563. The number of carbonyl (C=O) groups is 1. The first kappa shape index (κ1) is 11.5. The second-order valence-corrected chi connectivity index (χ2v) is 3.57. The van der Waals surface area contributed by atoms with Crippen LogP contribution in [0.15, 0.2) is 17.8 Å². The summed E-state index contributed by atoms with van der Waals surface area (Å²) in [4.78, 5) is 15.5. The molecule has 0 amide bonds. The number of esters is 1. The van der Waals surface area contributed by atoms with Gasteiger partial charge in [0.25, 0.3) is 0 Å². The van der Waals surface area contributed by atoms with E-state index in [-0.39, 0.29) is 5.97 Å². The number of rotatable bonds is 3. The minimum Gasteiger partial charge on any atom is -0.464 e. The van der Waals surface area contributed by atoms with Crippen molar-refractivity contribution in [2.45, 2.75) is 27.3 Å². The van der Waals surface area contributed by atoms with Crippen LogP contribution >= 0.6 is 0 Å². The summed E-state index contributed by atoms with van der Waals surface area (Å²) in [6.45, 7) is 6.55. The van der Waals surface area contributed by atoms with Gasteiger partial charge in [0.05, 0.1) is 13.3 Å². The van der Waals surface area contributed by atoms with Crippen molar-refractivity contribution in [1.82, 2.24) is 9.55 Å². The minimum absolute atomic E-state index is 0.349. The molecule has 0 aliphatic carbocycles. The van der Waals surface area contributed by atoms with Gasteiger partial charge >= 0.3 is 5.97 Å². The summed E-state index contributed by atoms with van der Waals surface area (Å²) in [5.74, 6) is 0.464. The Morgan fingerprint density at radius 1 is 1.60 bits per heavy atom. The van der Waals surface area contributed by atoms with E-state index >= 15 is 0 Å². The molecule has 0 atom stereocenters. The lowest BCUT2D eigenvalue weighted by atomic mass is 10.3. The number of hydrogen-bond acceptors (Lipinski definition) is 3. The van der Waals surface area contributed by atoms with E-state index in [0.29, 0.717) is 12.2 Å². The van der Waals surface area contributed by atoms with Gasteiger partial charge in [-0.3, -0.25) is 0 Å². The maximum absolute atomic E-state index is 11.4. The first-order valence-corrected chi connectivity index (χ1v) is 4.80. The topological polar surface area (TPSA) is 44.1 Å². The highest BCUT2D eigenvalue weighted by Crippen LogP contribution is 2.07. The number of aryl methyl sites for hydroxylation is 1. The Morgan fingerprint density at radius 2 is 2.27 bits per heavy atom. The van der Waals surface area contributed by atoms with Gasteiger partial charge in [0.1, 0.15) is 11.5 Å². The Morgan fingerprint density at radius 3 is 2.80 bits per heavy atom. The standard InChI is InChI=1S/C11H16N2O2/c1-8(2)5-6-13-9(3)12-7-10(13)11(14)15-4/h5,7H,6H2,1-4H3. The van der Waals surface area contributed by atoms with Crippen LogP contribution < -0.4 is 0 Å². The predicted octanol–water partition coefficient (Wildman–Crippen LogP) is 1.94.